The zero-order valence-electron chi connectivity index (χ0n) is 11.7. The summed E-state index contributed by atoms with van der Waals surface area (Å²) in [5.74, 6) is -2.24. The van der Waals surface area contributed by atoms with Crippen molar-refractivity contribution < 1.29 is 23.4 Å². The van der Waals surface area contributed by atoms with Gasteiger partial charge in [-0.1, -0.05) is 6.42 Å². The molecule has 0 saturated heterocycles. The third kappa shape index (κ3) is 3.60. The molecule has 1 fully saturated rings. The molecular weight excluding hydrogens is 282 g/mol. The lowest BCUT2D eigenvalue weighted by Gasteiger charge is -2.19. The average molecular weight is 300 g/mol. The van der Waals surface area contributed by atoms with Crippen LogP contribution in [-0.2, 0) is 0 Å². The number of halogens is 2. The van der Waals surface area contributed by atoms with E-state index in [9.17, 15) is 18.7 Å². The average Bonchev–Trinajstić information content (AvgIpc) is 2.85. The summed E-state index contributed by atoms with van der Waals surface area (Å²) in [6.07, 6.45) is 2.57. The number of anilines is 1. The number of hydrogen-bond donors (Lipinski definition) is 3. The molecule has 1 aliphatic rings. The highest BCUT2D eigenvalue weighted by Gasteiger charge is 2.27. The van der Waals surface area contributed by atoms with Crippen molar-refractivity contribution in [2.24, 2.45) is 5.92 Å². The second-order valence-electron chi connectivity index (χ2n) is 5.05. The Morgan fingerprint density at radius 2 is 2.05 bits per heavy atom. The molecule has 116 valence electrons. The highest BCUT2D eigenvalue weighted by atomic mass is 19.1. The van der Waals surface area contributed by atoms with Gasteiger partial charge in [-0.05, 0) is 12.8 Å². The molecule has 1 aliphatic carbocycles. The van der Waals surface area contributed by atoms with Crippen molar-refractivity contribution in [2.45, 2.75) is 25.3 Å². The Labute approximate surface area is 121 Å². The summed E-state index contributed by atoms with van der Waals surface area (Å²) in [6, 6.07) is 1.30. The lowest BCUT2D eigenvalue weighted by Crippen LogP contribution is -2.41. The topological polar surface area (TPSA) is 70.6 Å². The van der Waals surface area contributed by atoms with Crippen molar-refractivity contribution in [3.63, 3.8) is 0 Å². The molecule has 2 rings (SSSR count). The summed E-state index contributed by atoms with van der Waals surface area (Å²) >= 11 is 0. The Hall–Kier alpha value is -1.89. The number of carbonyl (C=O) groups excluding carboxylic acids is 1. The van der Waals surface area contributed by atoms with E-state index in [-0.39, 0.29) is 24.3 Å². The van der Waals surface area contributed by atoms with E-state index in [1.54, 1.807) is 0 Å². The molecule has 3 N–H and O–H groups in total. The van der Waals surface area contributed by atoms with Gasteiger partial charge in [-0.2, -0.15) is 0 Å². The molecule has 7 heteroatoms. The van der Waals surface area contributed by atoms with Gasteiger partial charge in [0.15, 0.2) is 17.4 Å². The maximum absolute atomic E-state index is 13.5. The van der Waals surface area contributed by atoms with Crippen molar-refractivity contribution in [1.82, 2.24) is 5.32 Å². The fourth-order valence-corrected chi connectivity index (χ4v) is 2.61. The predicted octanol–water partition coefficient (Wildman–Crippen LogP) is 2.26. The smallest absolute Gasteiger partial charge is 0.319 e. The monoisotopic (exact) mass is 300 g/mol. The van der Waals surface area contributed by atoms with Gasteiger partial charge in [0.05, 0.1) is 7.11 Å². The Balaban J connectivity index is 2.00. The number of hydrogen-bond acceptors (Lipinski definition) is 3. The van der Waals surface area contributed by atoms with Crippen LogP contribution in [0.15, 0.2) is 12.1 Å². The molecular formula is C14H18F2N2O3. The van der Waals surface area contributed by atoms with Gasteiger partial charge in [-0.3, -0.25) is 0 Å². The molecule has 2 atom stereocenters. The number of ether oxygens (including phenoxy) is 1. The third-order valence-corrected chi connectivity index (χ3v) is 3.67. The number of aliphatic hydroxyl groups is 1. The zero-order chi connectivity index (χ0) is 15.4. The molecule has 0 spiro atoms. The molecule has 0 bridgehead atoms. The van der Waals surface area contributed by atoms with Gasteiger partial charge in [0.25, 0.3) is 0 Å². The van der Waals surface area contributed by atoms with E-state index >= 15 is 0 Å². The third-order valence-electron chi connectivity index (χ3n) is 3.67. The van der Waals surface area contributed by atoms with Gasteiger partial charge in [-0.25, -0.2) is 13.6 Å². The summed E-state index contributed by atoms with van der Waals surface area (Å²) in [5.41, 5.74) is 0.00171. The Kier molecular flexibility index (Phi) is 4.95. The number of amides is 2. The molecule has 0 aliphatic heterocycles. The number of carbonyl (C=O) groups is 1. The SMILES string of the molecule is COc1c(F)cc(NC(=O)N[C@@H]2CCC[C@H]2CO)cc1F. The molecule has 0 unspecified atom stereocenters. The Morgan fingerprint density at radius 3 is 2.62 bits per heavy atom. The quantitative estimate of drug-likeness (QED) is 0.799. The molecule has 1 saturated carbocycles. The van der Waals surface area contributed by atoms with Crippen LogP contribution >= 0.6 is 0 Å². The standard InChI is InChI=1S/C14H18F2N2O3/c1-21-13-10(15)5-9(6-11(13)16)17-14(20)18-12-4-2-3-8(12)7-19/h5-6,8,12,19H,2-4,7H2,1H3,(H2,17,18,20)/t8-,12+/m0/s1. The number of urea groups is 1. The van der Waals surface area contributed by atoms with Gasteiger partial charge < -0.3 is 20.5 Å². The van der Waals surface area contributed by atoms with E-state index in [0.29, 0.717) is 0 Å². The molecule has 1 aromatic rings. The summed E-state index contributed by atoms with van der Waals surface area (Å²) in [7, 11) is 1.16. The molecule has 0 radical (unpaired) electrons. The molecule has 2 amide bonds. The highest BCUT2D eigenvalue weighted by molar-refractivity contribution is 5.89. The minimum Gasteiger partial charge on any atom is -0.491 e. The van der Waals surface area contributed by atoms with Crippen LogP contribution in [0.25, 0.3) is 0 Å². The number of benzene rings is 1. The fourth-order valence-electron chi connectivity index (χ4n) is 2.61. The van der Waals surface area contributed by atoms with Crippen LogP contribution in [0.3, 0.4) is 0 Å². The van der Waals surface area contributed by atoms with Gasteiger partial charge in [0.1, 0.15) is 0 Å². The van der Waals surface area contributed by atoms with Crippen molar-refractivity contribution in [1.29, 1.82) is 0 Å². The van der Waals surface area contributed by atoms with Crippen molar-refractivity contribution in [2.75, 3.05) is 19.0 Å². The van der Waals surface area contributed by atoms with E-state index in [4.69, 9.17) is 0 Å². The first kappa shape index (κ1) is 15.5. The molecule has 0 heterocycles. The fraction of sp³-hybridized carbons (Fsp3) is 0.500. The predicted molar refractivity (Wildman–Crippen MR) is 73.3 cm³/mol. The van der Waals surface area contributed by atoms with E-state index in [1.165, 1.54) is 0 Å². The molecule has 0 aromatic heterocycles. The molecule has 5 nitrogen and oxygen atoms in total. The summed E-state index contributed by atoms with van der Waals surface area (Å²) in [6.45, 7) is 0.0107. The van der Waals surface area contributed by atoms with Crippen LogP contribution in [0.1, 0.15) is 19.3 Å². The first-order chi connectivity index (χ1) is 10.0. The van der Waals surface area contributed by atoms with Crippen molar-refractivity contribution >= 4 is 11.7 Å². The number of rotatable bonds is 4. The molecule has 1 aromatic carbocycles. The Bertz CT molecular complexity index is 502. The maximum atomic E-state index is 13.5. The van der Waals surface area contributed by atoms with E-state index in [0.717, 1.165) is 38.5 Å². The second kappa shape index (κ2) is 6.71. The van der Waals surface area contributed by atoms with Crippen LogP contribution in [-0.4, -0.2) is 30.9 Å². The van der Waals surface area contributed by atoms with Gasteiger partial charge in [-0.15, -0.1) is 0 Å². The van der Waals surface area contributed by atoms with Crippen LogP contribution in [0.2, 0.25) is 0 Å². The van der Waals surface area contributed by atoms with Gasteiger partial charge in [0, 0.05) is 36.4 Å². The van der Waals surface area contributed by atoms with Gasteiger partial charge in [0.2, 0.25) is 0 Å². The van der Waals surface area contributed by atoms with E-state index in [1.807, 2.05) is 0 Å². The highest BCUT2D eigenvalue weighted by Crippen LogP contribution is 2.26. The van der Waals surface area contributed by atoms with Crippen LogP contribution in [0.5, 0.6) is 5.75 Å². The number of methoxy groups -OCH3 is 1. The number of nitrogens with one attached hydrogen (secondary N) is 2. The number of aliphatic hydroxyl groups excluding tert-OH is 1. The lowest BCUT2D eigenvalue weighted by atomic mass is 10.1. The largest absolute Gasteiger partial charge is 0.491 e. The minimum absolute atomic E-state index is 0.00171. The minimum atomic E-state index is -0.887. The van der Waals surface area contributed by atoms with Crippen molar-refractivity contribution in [3.8, 4) is 5.75 Å². The summed E-state index contributed by atoms with van der Waals surface area (Å²) in [4.78, 5) is 11.8. The Morgan fingerprint density at radius 1 is 1.38 bits per heavy atom. The second-order valence-corrected chi connectivity index (χ2v) is 5.05. The first-order valence-corrected chi connectivity index (χ1v) is 6.76. The van der Waals surface area contributed by atoms with Gasteiger partial charge >= 0.3 is 6.03 Å². The first-order valence-electron chi connectivity index (χ1n) is 6.76. The summed E-state index contributed by atoms with van der Waals surface area (Å²) < 4.78 is 31.6. The lowest BCUT2D eigenvalue weighted by molar-refractivity contribution is 0.203. The normalized spacial score (nSPS) is 21.1. The molecule has 21 heavy (non-hydrogen) atoms. The zero-order valence-corrected chi connectivity index (χ0v) is 11.7. The van der Waals surface area contributed by atoms with Crippen LogP contribution in [0, 0.1) is 17.6 Å². The maximum Gasteiger partial charge on any atom is 0.319 e. The van der Waals surface area contributed by atoms with Crippen LogP contribution < -0.4 is 15.4 Å². The van der Waals surface area contributed by atoms with E-state index in [2.05, 4.69) is 15.4 Å². The summed E-state index contributed by atoms with van der Waals surface area (Å²) in [5, 5.41) is 14.3. The van der Waals surface area contributed by atoms with Crippen LogP contribution in [0.4, 0.5) is 19.3 Å². The van der Waals surface area contributed by atoms with Crippen molar-refractivity contribution in [3.05, 3.63) is 23.8 Å². The van der Waals surface area contributed by atoms with E-state index < -0.39 is 23.4 Å².